The summed E-state index contributed by atoms with van der Waals surface area (Å²) in [6.45, 7) is 1.86. The molecule has 2 aromatic rings. The van der Waals surface area contributed by atoms with E-state index in [-0.39, 0.29) is 10.7 Å². The highest BCUT2D eigenvalue weighted by molar-refractivity contribution is 6.53. The van der Waals surface area contributed by atoms with E-state index in [1.165, 1.54) is 24.3 Å². The smallest absolute Gasteiger partial charge is 0.283 e. The molecule has 4 nitrogen and oxygen atoms in total. The van der Waals surface area contributed by atoms with Crippen LogP contribution in [0.1, 0.15) is 5.56 Å². The van der Waals surface area contributed by atoms with Crippen LogP contribution < -0.4 is 10.2 Å². The minimum absolute atomic E-state index is 0.0234. The molecular formula is C17H12ClFN2O2. The highest BCUT2D eigenvalue weighted by Crippen LogP contribution is 2.30. The summed E-state index contributed by atoms with van der Waals surface area (Å²) >= 11 is 6.02. The highest BCUT2D eigenvalue weighted by Gasteiger charge is 2.38. The van der Waals surface area contributed by atoms with Crippen LogP contribution in [0, 0.1) is 12.7 Å². The minimum Gasteiger partial charge on any atom is -0.350 e. The topological polar surface area (TPSA) is 49.4 Å². The highest BCUT2D eigenvalue weighted by atomic mass is 35.5. The number of rotatable bonds is 3. The Hall–Kier alpha value is -2.66. The lowest BCUT2D eigenvalue weighted by molar-refractivity contribution is -0.120. The number of aryl methyl sites for hydroxylation is 1. The second-order valence-electron chi connectivity index (χ2n) is 5.11. The van der Waals surface area contributed by atoms with Crippen LogP contribution in [0.2, 0.25) is 0 Å². The van der Waals surface area contributed by atoms with E-state index in [2.05, 4.69) is 5.32 Å². The predicted molar refractivity (Wildman–Crippen MR) is 86.6 cm³/mol. The van der Waals surface area contributed by atoms with Crippen molar-refractivity contribution in [3.05, 3.63) is 70.6 Å². The molecule has 0 saturated carbocycles. The maximum atomic E-state index is 12.9. The Balaban J connectivity index is 1.91. The van der Waals surface area contributed by atoms with E-state index in [0.717, 1.165) is 10.5 Å². The lowest BCUT2D eigenvalue weighted by atomic mass is 10.2. The number of carbonyl (C=O) groups excluding carboxylic acids is 2. The van der Waals surface area contributed by atoms with E-state index in [4.69, 9.17) is 11.6 Å². The molecule has 23 heavy (non-hydrogen) atoms. The van der Waals surface area contributed by atoms with E-state index in [0.29, 0.717) is 11.4 Å². The van der Waals surface area contributed by atoms with Crippen LogP contribution in [-0.4, -0.2) is 11.8 Å². The van der Waals surface area contributed by atoms with Gasteiger partial charge in [-0.25, -0.2) is 9.29 Å². The van der Waals surface area contributed by atoms with Crippen LogP contribution in [0.3, 0.4) is 0 Å². The molecule has 6 heteroatoms. The van der Waals surface area contributed by atoms with Crippen LogP contribution in [0.5, 0.6) is 0 Å². The van der Waals surface area contributed by atoms with Gasteiger partial charge in [0.05, 0.1) is 5.69 Å². The summed E-state index contributed by atoms with van der Waals surface area (Å²) in [4.78, 5) is 25.8. The van der Waals surface area contributed by atoms with Crippen molar-refractivity contribution in [3.8, 4) is 0 Å². The zero-order valence-corrected chi connectivity index (χ0v) is 12.9. The van der Waals surface area contributed by atoms with Crippen LogP contribution in [0.15, 0.2) is 59.3 Å². The molecule has 0 aliphatic carbocycles. The summed E-state index contributed by atoms with van der Waals surface area (Å²) in [5.41, 5.74) is 1.81. The molecule has 0 unspecified atom stereocenters. The monoisotopic (exact) mass is 330 g/mol. The Kier molecular flexibility index (Phi) is 3.88. The van der Waals surface area contributed by atoms with Gasteiger partial charge in [-0.05, 0) is 48.9 Å². The van der Waals surface area contributed by atoms with Crippen molar-refractivity contribution in [2.45, 2.75) is 6.92 Å². The second kappa shape index (κ2) is 5.85. The molecule has 0 fully saturated rings. The largest absolute Gasteiger partial charge is 0.350 e. The van der Waals surface area contributed by atoms with E-state index in [1.54, 1.807) is 18.2 Å². The molecule has 1 aliphatic heterocycles. The first-order chi connectivity index (χ1) is 11.0. The summed E-state index contributed by atoms with van der Waals surface area (Å²) < 4.78 is 12.9. The van der Waals surface area contributed by atoms with Gasteiger partial charge in [0, 0.05) is 5.69 Å². The van der Waals surface area contributed by atoms with Crippen molar-refractivity contribution in [1.82, 2.24) is 0 Å². The summed E-state index contributed by atoms with van der Waals surface area (Å²) in [5.74, 6) is -1.53. The van der Waals surface area contributed by atoms with Gasteiger partial charge in [0.2, 0.25) is 0 Å². The summed E-state index contributed by atoms with van der Waals surface area (Å²) in [6.07, 6.45) is 0. The first kappa shape index (κ1) is 15.2. The molecule has 1 aliphatic rings. The number of carbonyl (C=O) groups is 2. The fourth-order valence-electron chi connectivity index (χ4n) is 2.29. The predicted octanol–water partition coefficient (Wildman–Crippen LogP) is 3.57. The first-order valence-corrected chi connectivity index (χ1v) is 7.23. The number of nitrogens with one attached hydrogen (secondary N) is 1. The minimum atomic E-state index is -0.591. The van der Waals surface area contributed by atoms with Crippen molar-refractivity contribution in [2.24, 2.45) is 0 Å². The first-order valence-electron chi connectivity index (χ1n) is 6.85. The number of nitrogens with zero attached hydrogens (tertiary/aromatic N) is 1. The van der Waals surface area contributed by atoms with Crippen molar-refractivity contribution >= 4 is 34.8 Å². The normalized spacial score (nSPS) is 14.7. The standard InChI is InChI=1S/C17H12ClFN2O2/c1-10-3-2-4-13(9-10)21-16(22)14(18)15(17(21)23)20-12-7-5-11(19)6-8-12/h2-9,20H,1H3. The fraction of sp³-hybridized carbons (Fsp3) is 0.0588. The van der Waals surface area contributed by atoms with Crippen molar-refractivity contribution in [2.75, 3.05) is 10.2 Å². The SMILES string of the molecule is Cc1cccc(N2C(=O)C(Cl)=C(Nc3ccc(F)cc3)C2=O)c1. The van der Waals surface area contributed by atoms with Gasteiger partial charge in [0.15, 0.2) is 0 Å². The zero-order valence-electron chi connectivity index (χ0n) is 12.1. The number of hydrogen-bond acceptors (Lipinski definition) is 3. The zero-order chi connectivity index (χ0) is 16.6. The third kappa shape index (κ3) is 2.83. The molecule has 0 radical (unpaired) electrons. The van der Waals surface area contributed by atoms with Crippen molar-refractivity contribution in [1.29, 1.82) is 0 Å². The molecule has 3 rings (SSSR count). The maximum absolute atomic E-state index is 12.9. The third-order valence-corrected chi connectivity index (χ3v) is 3.75. The molecular weight excluding hydrogens is 319 g/mol. The van der Waals surface area contributed by atoms with Crippen molar-refractivity contribution < 1.29 is 14.0 Å². The number of halogens is 2. The number of amides is 2. The number of benzene rings is 2. The van der Waals surface area contributed by atoms with Gasteiger partial charge in [-0.1, -0.05) is 23.7 Å². The van der Waals surface area contributed by atoms with Crippen LogP contribution in [0.25, 0.3) is 0 Å². The van der Waals surface area contributed by atoms with E-state index >= 15 is 0 Å². The molecule has 2 amide bonds. The Bertz CT molecular complexity index is 831. The van der Waals surface area contributed by atoms with Gasteiger partial charge in [-0.15, -0.1) is 0 Å². The molecule has 116 valence electrons. The van der Waals surface area contributed by atoms with E-state index in [9.17, 15) is 14.0 Å². The van der Waals surface area contributed by atoms with Gasteiger partial charge in [-0.2, -0.15) is 0 Å². The lowest BCUT2D eigenvalue weighted by Gasteiger charge is -2.15. The Morgan fingerprint density at radius 3 is 2.39 bits per heavy atom. The van der Waals surface area contributed by atoms with Gasteiger partial charge >= 0.3 is 0 Å². The average molecular weight is 331 g/mol. The molecule has 0 aromatic heterocycles. The maximum Gasteiger partial charge on any atom is 0.283 e. The molecule has 0 saturated heterocycles. The number of hydrogen-bond donors (Lipinski definition) is 1. The summed E-state index contributed by atoms with van der Waals surface area (Å²) in [6, 6.07) is 12.4. The summed E-state index contributed by atoms with van der Waals surface area (Å²) in [7, 11) is 0. The molecule has 0 atom stereocenters. The van der Waals surface area contributed by atoms with Crippen LogP contribution >= 0.6 is 11.6 Å². The quantitative estimate of drug-likeness (QED) is 0.875. The molecule has 0 spiro atoms. The van der Waals surface area contributed by atoms with Crippen LogP contribution in [-0.2, 0) is 9.59 Å². The Labute approximate surface area is 137 Å². The van der Waals surface area contributed by atoms with Gasteiger partial charge in [0.1, 0.15) is 16.5 Å². The second-order valence-corrected chi connectivity index (χ2v) is 5.48. The molecule has 1 heterocycles. The van der Waals surface area contributed by atoms with E-state index in [1.807, 2.05) is 13.0 Å². The van der Waals surface area contributed by atoms with Gasteiger partial charge in [-0.3, -0.25) is 9.59 Å². The summed E-state index contributed by atoms with van der Waals surface area (Å²) in [5, 5.41) is 2.59. The van der Waals surface area contributed by atoms with Gasteiger partial charge in [0.25, 0.3) is 11.8 Å². The van der Waals surface area contributed by atoms with Crippen LogP contribution in [0.4, 0.5) is 15.8 Å². The molecule has 1 N–H and O–H groups in total. The van der Waals surface area contributed by atoms with Gasteiger partial charge < -0.3 is 5.32 Å². The Morgan fingerprint density at radius 1 is 1.04 bits per heavy atom. The van der Waals surface area contributed by atoms with E-state index < -0.39 is 17.6 Å². The lowest BCUT2D eigenvalue weighted by Crippen LogP contribution is -2.32. The Morgan fingerprint density at radius 2 is 1.74 bits per heavy atom. The molecule has 2 aromatic carbocycles. The third-order valence-electron chi connectivity index (χ3n) is 3.40. The average Bonchev–Trinajstić information content (AvgIpc) is 2.73. The number of imide groups is 1. The number of anilines is 2. The van der Waals surface area contributed by atoms with Crippen molar-refractivity contribution in [3.63, 3.8) is 0 Å². The fourth-order valence-corrected chi connectivity index (χ4v) is 2.50. The molecule has 0 bridgehead atoms.